The summed E-state index contributed by atoms with van der Waals surface area (Å²) in [4.78, 5) is 13.3. The van der Waals surface area contributed by atoms with E-state index in [1.807, 2.05) is 0 Å². The molecule has 0 heterocycles. The summed E-state index contributed by atoms with van der Waals surface area (Å²) in [5, 5.41) is 15.1. The Morgan fingerprint density at radius 1 is 0.975 bits per heavy atom. The predicted octanol–water partition coefficient (Wildman–Crippen LogP) is 6.84. The number of hydrogen-bond donors (Lipinski definition) is 3. The van der Waals surface area contributed by atoms with Crippen molar-refractivity contribution in [2.45, 2.75) is 43.4 Å². The number of rotatable bonds is 10. The molecule has 4 rings (SSSR count). The fourth-order valence-corrected chi connectivity index (χ4v) is 4.69. The highest BCUT2D eigenvalue weighted by Gasteiger charge is 2.45. The van der Waals surface area contributed by atoms with Crippen LogP contribution < -0.4 is 15.4 Å². The van der Waals surface area contributed by atoms with Gasteiger partial charge < -0.3 is 20.5 Å². The van der Waals surface area contributed by atoms with Gasteiger partial charge in [0.1, 0.15) is 17.4 Å². The van der Waals surface area contributed by atoms with Crippen LogP contribution in [0.3, 0.4) is 0 Å². The third-order valence-electron chi connectivity index (χ3n) is 6.79. The molecule has 0 aromatic heterocycles. The van der Waals surface area contributed by atoms with Crippen LogP contribution in [-0.4, -0.2) is 29.7 Å². The molecule has 212 valence electrons. The van der Waals surface area contributed by atoms with E-state index < -0.39 is 41.5 Å². The topological polar surface area (TPSA) is 70.6 Å². The van der Waals surface area contributed by atoms with Crippen LogP contribution >= 0.6 is 0 Å². The summed E-state index contributed by atoms with van der Waals surface area (Å²) in [5.41, 5.74) is -0.950. The van der Waals surface area contributed by atoms with E-state index in [9.17, 15) is 36.2 Å². The molecule has 3 N–H and O–H groups in total. The number of amides is 2. The molecule has 11 heteroatoms. The first-order valence-electron chi connectivity index (χ1n) is 12.3. The molecule has 1 fully saturated rings. The lowest BCUT2D eigenvalue weighted by molar-refractivity contribution is -0.253. The summed E-state index contributed by atoms with van der Waals surface area (Å²) in [5.74, 6) is -2.79. The van der Waals surface area contributed by atoms with Crippen LogP contribution in [0.15, 0.2) is 85.1 Å². The van der Waals surface area contributed by atoms with Crippen LogP contribution in [0, 0.1) is 17.6 Å². The highest BCUT2D eigenvalue weighted by Crippen LogP contribution is 2.38. The molecule has 0 spiro atoms. The van der Waals surface area contributed by atoms with Gasteiger partial charge in [0.25, 0.3) is 0 Å². The monoisotopic (exact) mass is 564 g/mol. The molecule has 1 saturated carbocycles. The smallest absolute Gasteiger partial charge is 0.461 e. The number of ether oxygens (including phenoxy) is 1. The van der Waals surface area contributed by atoms with Crippen molar-refractivity contribution in [3.8, 4) is 5.75 Å². The fourth-order valence-electron chi connectivity index (χ4n) is 4.69. The van der Waals surface area contributed by atoms with Gasteiger partial charge in [0.2, 0.25) is 0 Å². The second kappa shape index (κ2) is 11.5. The lowest BCUT2D eigenvalue weighted by Gasteiger charge is -2.39. The normalized spacial score (nSPS) is 18.4. The molecule has 1 aliphatic rings. The van der Waals surface area contributed by atoms with Crippen LogP contribution in [0.5, 0.6) is 5.75 Å². The minimum absolute atomic E-state index is 0.00363. The molecule has 0 saturated heterocycles. The van der Waals surface area contributed by atoms with Crippen molar-refractivity contribution < 1.29 is 41.0 Å². The molecule has 5 nitrogen and oxygen atoms in total. The van der Waals surface area contributed by atoms with E-state index in [1.165, 1.54) is 12.1 Å². The molecular weight excluding hydrogens is 538 g/mol. The number of hydrogen-bond acceptors (Lipinski definition) is 3. The Morgan fingerprint density at radius 2 is 1.62 bits per heavy atom. The first-order valence-corrected chi connectivity index (χ1v) is 12.3. The second-order valence-corrected chi connectivity index (χ2v) is 9.67. The van der Waals surface area contributed by atoms with Gasteiger partial charge in [-0.3, -0.25) is 0 Å². The molecule has 0 aliphatic heterocycles. The number of carbonyl (C=O) groups excluding carboxylic acids is 1. The summed E-state index contributed by atoms with van der Waals surface area (Å²) in [6, 6.07) is 14.8. The first kappa shape index (κ1) is 28.8. The van der Waals surface area contributed by atoms with Crippen LogP contribution in [-0.2, 0) is 12.0 Å². The molecule has 3 aromatic rings. The van der Waals surface area contributed by atoms with Crippen molar-refractivity contribution in [1.29, 1.82) is 0 Å². The number of aliphatic hydroxyl groups excluding tert-OH is 1. The van der Waals surface area contributed by atoms with Crippen LogP contribution in [0.25, 0.3) is 0 Å². The maximum atomic E-state index is 14.9. The van der Waals surface area contributed by atoms with Crippen LogP contribution in [0.1, 0.15) is 29.5 Å². The van der Waals surface area contributed by atoms with Crippen LogP contribution in [0.2, 0.25) is 0 Å². The Bertz CT molecular complexity index is 1350. The first-order chi connectivity index (χ1) is 18.9. The summed E-state index contributed by atoms with van der Waals surface area (Å²) in [6.07, 6.45) is -8.32. The van der Waals surface area contributed by atoms with Gasteiger partial charge in [-0.1, -0.05) is 49.0 Å². The largest absolute Gasteiger partial charge is 0.513 e. The lowest BCUT2D eigenvalue weighted by atomic mass is 9.77. The van der Waals surface area contributed by atoms with Gasteiger partial charge in [0.05, 0.1) is 11.3 Å². The molecule has 0 radical (unpaired) electrons. The van der Waals surface area contributed by atoms with E-state index in [2.05, 4.69) is 21.9 Å². The maximum Gasteiger partial charge on any atom is 0.461 e. The molecule has 2 amide bonds. The van der Waals surface area contributed by atoms with Gasteiger partial charge in [0.15, 0.2) is 0 Å². The van der Waals surface area contributed by atoms with E-state index in [1.54, 1.807) is 30.3 Å². The standard InChI is InChI=1S/C29H26F6N2O3/c1-17(38)19-11-24(12-19)36-27(39)37-28(16-18-5-3-2-4-6-18,20-7-9-22(30)10-8-20)21-13-23(31)15-25(14-21)40-29(34,35)26(32)33/h2-10,13-15,19,24,26,38H,1,11-12,16H2,(H2,36,37,39)/t19?,24?,28-/m1/s1. The average Bonchev–Trinajstić information content (AvgIpc) is 2.85. The average molecular weight is 565 g/mol. The number of urea groups is 1. The van der Waals surface area contributed by atoms with Gasteiger partial charge in [-0.05, 0) is 53.8 Å². The number of halogens is 6. The second-order valence-electron chi connectivity index (χ2n) is 9.67. The summed E-state index contributed by atoms with van der Waals surface area (Å²) < 4.78 is 86.1. The molecule has 40 heavy (non-hydrogen) atoms. The van der Waals surface area contributed by atoms with Crippen molar-refractivity contribution in [2.75, 3.05) is 0 Å². The zero-order chi connectivity index (χ0) is 29.1. The molecule has 1 atom stereocenters. The molecule has 1 aliphatic carbocycles. The third-order valence-corrected chi connectivity index (χ3v) is 6.79. The van der Waals surface area contributed by atoms with Gasteiger partial charge in [-0.15, -0.1) is 0 Å². The molecular formula is C29H26F6N2O3. The Hall–Kier alpha value is -4.15. The Labute approximate surface area is 226 Å². The molecule has 3 aromatic carbocycles. The maximum absolute atomic E-state index is 14.9. The highest BCUT2D eigenvalue weighted by atomic mass is 19.3. The minimum Gasteiger partial charge on any atom is -0.513 e. The zero-order valence-corrected chi connectivity index (χ0v) is 21.0. The zero-order valence-electron chi connectivity index (χ0n) is 21.0. The predicted molar refractivity (Wildman–Crippen MR) is 135 cm³/mol. The van der Waals surface area contributed by atoms with Gasteiger partial charge in [0, 0.05) is 24.4 Å². The SMILES string of the molecule is C=C(O)C1CC(NC(=O)N[C@](Cc2ccccc2)(c2ccc(F)cc2)c2cc(F)cc(OC(F)(F)C(F)F)c2)C1. The van der Waals surface area contributed by atoms with Gasteiger partial charge in [-0.25, -0.2) is 13.6 Å². The number of aliphatic hydroxyl groups is 1. The quantitative estimate of drug-likeness (QED) is 0.187. The Morgan fingerprint density at radius 3 is 2.23 bits per heavy atom. The van der Waals surface area contributed by atoms with E-state index in [-0.39, 0.29) is 35.3 Å². The Kier molecular flexibility index (Phi) is 8.32. The van der Waals surface area contributed by atoms with Crippen molar-refractivity contribution in [3.63, 3.8) is 0 Å². The number of alkyl halides is 4. The lowest BCUT2D eigenvalue weighted by Crippen LogP contribution is -2.56. The van der Waals surface area contributed by atoms with Crippen molar-refractivity contribution >= 4 is 6.03 Å². The number of carbonyl (C=O) groups is 1. The van der Waals surface area contributed by atoms with Crippen LogP contribution in [0.4, 0.5) is 31.1 Å². The van der Waals surface area contributed by atoms with Crippen molar-refractivity contribution in [3.05, 3.63) is 113 Å². The molecule has 0 bridgehead atoms. The third kappa shape index (κ3) is 6.52. The summed E-state index contributed by atoms with van der Waals surface area (Å²) in [7, 11) is 0. The van der Waals surface area contributed by atoms with E-state index in [0.717, 1.165) is 24.3 Å². The van der Waals surface area contributed by atoms with E-state index in [0.29, 0.717) is 24.5 Å². The summed E-state index contributed by atoms with van der Waals surface area (Å²) in [6.45, 7) is 3.48. The number of allylic oxidation sites excluding steroid dienone is 1. The van der Waals surface area contributed by atoms with Gasteiger partial charge >= 0.3 is 18.6 Å². The van der Waals surface area contributed by atoms with Gasteiger partial charge in [-0.2, -0.15) is 17.6 Å². The van der Waals surface area contributed by atoms with Crippen molar-refractivity contribution in [1.82, 2.24) is 10.6 Å². The Balaban J connectivity index is 1.81. The fraction of sp³-hybridized carbons (Fsp3) is 0.276. The highest BCUT2D eigenvalue weighted by molar-refractivity contribution is 5.76. The number of nitrogens with one attached hydrogen (secondary N) is 2. The molecule has 0 unspecified atom stereocenters. The van der Waals surface area contributed by atoms with E-state index in [4.69, 9.17) is 0 Å². The number of benzene rings is 3. The van der Waals surface area contributed by atoms with E-state index >= 15 is 0 Å². The summed E-state index contributed by atoms with van der Waals surface area (Å²) >= 11 is 0. The minimum atomic E-state index is -4.91. The van der Waals surface area contributed by atoms with Crippen molar-refractivity contribution in [2.24, 2.45) is 5.92 Å².